The summed E-state index contributed by atoms with van der Waals surface area (Å²) >= 11 is 19.9. The predicted molar refractivity (Wildman–Crippen MR) is 137 cm³/mol. The number of benzene rings is 3. The molecule has 4 rings (SSSR count). The van der Waals surface area contributed by atoms with Crippen LogP contribution in [0.2, 0.25) is 10.0 Å². The summed E-state index contributed by atoms with van der Waals surface area (Å²) in [7, 11) is 0. The van der Waals surface area contributed by atoms with Gasteiger partial charge in [0.25, 0.3) is 5.91 Å². The van der Waals surface area contributed by atoms with Crippen molar-refractivity contribution in [3.05, 3.63) is 90.1 Å². The minimum Gasteiger partial charge on any atom is -0.506 e. The van der Waals surface area contributed by atoms with E-state index in [9.17, 15) is 9.90 Å². The Bertz CT molecular complexity index is 1210. The van der Waals surface area contributed by atoms with E-state index in [1.165, 1.54) is 11.8 Å². The van der Waals surface area contributed by atoms with Crippen molar-refractivity contribution in [2.24, 2.45) is 4.99 Å². The molecule has 9 heteroatoms. The highest BCUT2D eigenvalue weighted by atomic mass is 79.9. The number of hydrogen-bond donors (Lipinski definition) is 1. The van der Waals surface area contributed by atoms with Crippen LogP contribution in [0.4, 0.5) is 11.4 Å². The highest BCUT2D eigenvalue weighted by molar-refractivity contribution is 9.11. The lowest BCUT2D eigenvalue weighted by Crippen LogP contribution is -2.28. The molecule has 0 saturated carbocycles. The van der Waals surface area contributed by atoms with E-state index in [4.69, 9.17) is 23.2 Å². The number of amidine groups is 1. The number of rotatable bonds is 3. The Balaban J connectivity index is 1.78. The summed E-state index contributed by atoms with van der Waals surface area (Å²) < 4.78 is 1.04. The number of phenols is 1. The molecule has 0 aromatic heterocycles. The van der Waals surface area contributed by atoms with Crippen LogP contribution >= 0.6 is 66.8 Å². The van der Waals surface area contributed by atoms with Gasteiger partial charge in [-0.25, -0.2) is 4.99 Å². The van der Waals surface area contributed by atoms with Crippen molar-refractivity contribution in [1.82, 2.24) is 0 Å². The second-order valence-electron chi connectivity index (χ2n) is 6.43. The molecule has 3 aromatic carbocycles. The maximum atomic E-state index is 13.3. The number of anilines is 1. The summed E-state index contributed by atoms with van der Waals surface area (Å²) in [4.78, 5) is 20.0. The van der Waals surface area contributed by atoms with Crippen LogP contribution in [0.3, 0.4) is 0 Å². The molecule has 0 atom stereocenters. The van der Waals surface area contributed by atoms with Crippen molar-refractivity contribution in [3.63, 3.8) is 0 Å². The summed E-state index contributed by atoms with van der Waals surface area (Å²) in [5.41, 5.74) is 2.08. The number of hydrogen-bond acceptors (Lipinski definition) is 4. The van der Waals surface area contributed by atoms with Gasteiger partial charge in [0.05, 0.1) is 25.2 Å². The smallest absolute Gasteiger partial charge is 0.271 e. The van der Waals surface area contributed by atoms with Crippen LogP contribution in [-0.4, -0.2) is 16.2 Å². The van der Waals surface area contributed by atoms with Crippen LogP contribution in [0.15, 0.2) is 79.5 Å². The average Bonchev–Trinajstić information content (AvgIpc) is 3.03. The van der Waals surface area contributed by atoms with E-state index in [1.807, 2.05) is 0 Å². The van der Waals surface area contributed by atoms with E-state index in [0.717, 1.165) is 5.56 Å². The number of halogens is 4. The molecule has 0 spiro atoms. The summed E-state index contributed by atoms with van der Waals surface area (Å²) in [5.74, 6) is -0.110. The van der Waals surface area contributed by atoms with Crippen LogP contribution in [0.5, 0.6) is 5.75 Å². The quantitative estimate of drug-likeness (QED) is 0.311. The third-order valence-corrected chi connectivity index (χ3v) is 6.96. The van der Waals surface area contributed by atoms with E-state index >= 15 is 0 Å². The van der Waals surface area contributed by atoms with E-state index < -0.39 is 0 Å². The molecule has 0 aliphatic carbocycles. The molecule has 1 fully saturated rings. The molecule has 1 aliphatic heterocycles. The van der Waals surface area contributed by atoms with Crippen molar-refractivity contribution in [2.45, 2.75) is 0 Å². The molecule has 0 unspecified atom stereocenters. The van der Waals surface area contributed by atoms with E-state index in [1.54, 1.807) is 71.6 Å². The monoisotopic (exact) mass is 596 g/mol. The third kappa shape index (κ3) is 5.02. The molecule has 0 radical (unpaired) electrons. The van der Waals surface area contributed by atoms with Crippen molar-refractivity contribution < 1.29 is 9.90 Å². The molecular weight excluding hydrogens is 587 g/mol. The van der Waals surface area contributed by atoms with Crippen molar-refractivity contribution in [2.75, 3.05) is 4.90 Å². The van der Waals surface area contributed by atoms with Gasteiger partial charge in [-0.15, -0.1) is 0 Å². The number of carbonyl (C=O) groups excluding carboxylic acids is 1. The highest BCUT2D eigenvalue weighted by Crippen LogP contribution is 2.39. The Hall–Kier alpha value is -1.77. The first kappa shape index (κ1) is 22.4. The average molecular weight is 599 g/mol. The minimum atomic E-state index is -0.208. The molecule has 1 amide bonds. The molecule has 3 aromatic rings. The summed E-state index contributed by atoms with van der Waals surface area (Å²) in [5, 5.41) is 11.6. The molecule has 0 bridgehead atoms. The number of aliphatic imine (C=N–C) groups is 1. The first-order chi connectivity index (χ1) is 14.8. The number of amides is 1. The molecular formula is C22H12Br2Cl2N2O2S. The van der Waals surface area contributed by atoms with Crippen LogP contribution in [-0.2, 0) is 4.79 Å². The Morgan fingerprint density at radius 1 is 0.935 bits per heavy atom. The Morgan fingerprint density at radius 3 is 2.06 bits per heavy atom. The minimum absolute atomic E-state index is 0.0975. The Labute approximate surface area is 209 Å². The lowest BCUT2D eigenvalue weighted by Gasteiger charge is -2.15. The van der Waals surface area contributed by atoms with Gasteiger partial charge in [-0.1, -0.05) is 23.2 Å². The van der Waals surface area contributed by atoms with Crippen LogP contribution < -0.4 is 4.90 Å². The fourth-order valence-corrected chi connectivity index (χ4v) is 5.29. The normalized spacial score (nSPS) is 16.5. The molecule has 156 valence electrons. The van der Waals surface area contributed by atoms with Crippen LogP contribution in [0.1, 0.15) is 5.56 Å². The first-order valence-electron chi connectivity index (χ1n) is 8.83. The first-order valence-corrected chi connectivity index (χ1v) is 12.0. The van der Waals surface area contributed by atoms with Gasteiger partial charge in [-0.05, 0) is 116 Å². The van der Waals surface area contributed by atoms with E-state index in [-0.39, 0.29) is 11.7 Å². The lowest BCUT2D eigenvalue weighted by molar-refractivity contribution is -0.113. The van der Waals surface area contributed by atoms with E-state index in [2.05, 4.69) is 36.9 Å². The number of thioether (sulfide) groups is 1. The fourth-order valence-electron chi connectivity index (χ4n) is 2.81. The molecule has 31 heavy (non-hydrogen) atoms. The topological polar surface area (TPSA) is 52.9 Å². The number of carbonyl (C=O) groups is 1. The largest absolute Gasteiger partial charge is 0.506 e. The summed E-state index contributed by atoms with van der Waals surface area (Å²) in [6.07, 6.45) is 1.76. The van der Waals surface area contributed by atoms with Gasteiger partial charge in [0.2, 0.25) is 0 Å². The van der Waals surface area contributed by atoms with Crippen LogP contribution in [0, 0.1) is 0 Å². The maximum Gasteiger partial charge on any atom is 0.271 e. The molecule has 4 nitrogen and oxygen atoms in total. The molecule has 1 saturated heterocycles. The summed E-state index contributed by atoms with van der Waals surface area (Å²) in [6.45, 7) is 0. The van der Waals surface area contributed by atoms with Crippen molar-refractivity contribution in [3.8, 4) is 5.75 Å². The SMILES string of the molecule is O=C1/C(=C/c2cc(Br)c(O)c(Br)c2)SC(=Nc2ccc(Cl)cc2)N1c1ccc(Cl)cc1. The van der Waals surface area contributed by atoms with Crippen molar-refractivity contribution in [1.29, 1.82) is 0 Å². The van der Waals surface area contributed by atoms with Gasteiger partial charge < -0.3 is 5.11 Å². The number of aromatic hydroxyl groups is 1. The lowest BCUT2D eigenvalue weighted by atomic mass is 10.2. The van der Waals surface area contributed by atoms with Gasteiger partial charge in [0.15, 0.2) is 5.17 Å². The zero-order valence-electron chi connectivity index (χ0n) is 15.5. The van der Waals surface area contributed by atoms with Crippen LogP contribution in [0.25, 0.3) is 6.08 Å². The van der Waals surface area contributed by atoms with Gasteiger partial charge >= 0.3 is 0 Å². The Morgan fingerprint density at radius 2 is 1.48 bits per heavy atom. The Kier molecular flexibility index (Phi) is 6.79. The zero-order valence-corrected chi connectivity index (χ0v) is 21.0. The highest BCUT2D eigenvalue weighted by Gasteiger charge is 2.34. The number of phenolic OH excluding ortho intramolecular Hbond substituents is 1. The maximum absolute atomic E-state index is 13.3. The zero-order chi connectivity index (χ0) is 22.1. The third-order valence-electron chi connectivity index (χ3n) is 4.28. The van der Waals surface area contributed by atoms with Gasteiger partial charge in [-0.2, -0.15) is 0 Å². The van der Waals surface area contributed by atoms with Gasteiger partial charge in [0, 0.05) is 10.0 Å². The number of nitrogens with zero attached hydrogens (tertiary/aromatic N) is 2. The molecule has 1 heterocycles. The van der Waals surface area contributed by atoms with Crippen molar-refractivity contribution >= 4 is 95.3 Å². The van der Waals surface area contributed by atoms with Gasteiger partial charge in [0.1, 0.15) is 5.75 Å². The molecule has 1 aliphatic rings. The second-order valence-corrected chi connectivity index (χ2v) is 10.0. The van der Waals surface area contributed by atoms with E-state index in [0.29, 0.717) is 40.4 Å². The fraction of sp³-hybridized carbons (Fsp3) is 0. The van der Waals surface area contributed by atoms with Gasteiger partial charge in [-0.3, -0.25) is 9.69 Å². The summed E-state index contributed by atoms with van der Waals surface area (Å²) in [6, 6.07) is 17.5. The second kappa shape index (κ2) is 9.38. The standard InChI is InChI=1S/C22H12Br2Cl2N2O2S/c23-17-9-12(10-18(24)20(17)29)11-19-21(30)28(16-7-3-14(26)4-8-16)22(31-19)27-15-5-1-13(25)2-6-15/h1-11,29H/b19-11-,27-22?. The molecule has 1 N–H and O–H groups in total. The predicted octanol–water partition coefficient (Wildman–Crippen LogP) is 8.03.